The normalized spacial score (nSPS) is 20.7. The monoisotopic (exact) mass is 416 g/mol. The number of hydrogen-bond donors (Lipinski definition) is 3. The first-order valence-electron chi connectivity index (χ1n) is 10.8. The van der Waals surface area contributed by atoms with Gasteiger partial charge in [0.05, 0.1) is 6.10 Å². The zero-order valence-corrected chi connectivity index (χ0v) is 17.7. The molecule has 30 heavy (non-hydrogen) atoms. The first-order chi connectivity index (χ1) is 14.5. The molecule has 1 aromatic rings. The van der Waals surface area contributed by atoms with Crippen LogP contribution in [0.2, 0.25) is 0 Å². The van der Waals surface area contributed by atoms with E-state index >= 15 is 0 Å². The van der Waals surface area contributed by atoms with Gasteiger partial charge in [0.2, 0.25) is 0 Å². The Labute approximate surface area is 177 Å². The van der Waals surface area contributed by atoms with Crippen LogP contribution in [0.25, 0.3) is 0 Å². The quantitative estimate of drug-likeness (QED) is 0.648. The van der Waals surface area contributed by atoms with Crippen LogP contribution in [-0.4, -0.2) is 61.0 Å². The topological polar surface area (TPSA) is 99.1 Å². The van der Waals surface area contributed by atoms with Crippen molar-refractivity contribution in [2.24, 2.45) is 0 Å². The maximum atomic E-state index is 9.55. The predicted octanol–water partition coefficient (Wildman–Crippen LogP) is 2.33. The predicted molar refractivity (Wildman–Crippen MR) is 115 cm³/mol. The summed E-state index contributed by atoms with van der Waals surface area (Å²) in [5, 5.41) is 19.2. The molecule has 0 aromatic heterocycles. The van der Waals surface area contributed by atoms with Crippen molar-refractivity contribution < 1.29 is 24.5 Å². The van der Waals surface area contributed by atoms with Gasteiger partial charge in [0, 0.05) is 37.5 Å². The van der Waals surface area contributed by atoms with Gasteiger partial charge in [0.15, 0.2) is 0 Å². The Morgan fingerprint density at radius 1 is 1.13 bits per heavy atom. The Hall–Kier alpha value is -2.38. The molecule has 0 bridgehead atoms. The van der Waals surface area contributed by atoms with Crippen molar-refractivity contribution >= 4 is 17.6 Å². The van der Waals surface area contributed by atoms with Gasteiger partial charge in [-0.15, -0.1) is 0 Å². The van der Waals surface area contributed by atoms with Gasteiger partial charge < -0.3 is 25.2 Å². The molecular formula is C23H32N2O5. The molecule has 1 aromatic carbocycles. The third-order valence-electron chi connectivity index (χ3n) is 5.98. The summed E-state index contributed by atoms with van der Waals surface area (Å²) in [4.78, 5) is 21.7. The lowest BCUT2D eigenvalue weighted by Crippen LogP contribution is -2.37. The number of carboxylic acids is 2. The van der Waals surface area contributed by atoms with Crippen LogP contribution in [0, 0.1) is 6.92 Å². The van der Waals surface area contributed by atoms with Gasteiger partial charge in [-0.3, -0.25) is 0 Å². The molecule has 0 spiro atoms. The number of carbonyl (C=O) groups is 2. The third kappa shape index (κ3) is 5.83. The lowest BCUT2D eigenvalue weighted by atomic mass is 9.88. The second-order valence-corrected chi connectivity index (χ2v) is 8.09. The van der Waals surface area contributed by atoms with Crippen LogP contribution < -0.4 is 10.2 Å². The van der Waals surface area contributed by atoms with Crippen LogP contribution in [0.15, 0.2) is 18.2 Å². The molecule has 0 amide bonds. The summed E-state index contributed by atoms with van der Waals surface area (Å²) in [6.45, 7) is 7.86. The number of nitrogens with one attached hydrogen (secondary N) is 1. The fourth-order valence-electron chi connectivity index (χ4n) is 4.69. The number of hydrogen-bond acceptors (Lipinski definition) is 5. The molecule has 0 aliphatic carbocycles. The van der Waals surface area contributed by atoms with Gasteiger partial charge in [0.1, 0.15) is 0 Å². The van der Waals surface area contributed by atoms with Crippen LogP contribution in [0.5, 0.6) is 0 Å². The Morgan fingerprint density at radius 3 is 2.53 bits per heavy atom. The Balaban J connectivity index is 0.000000275. The van der Waals surface area contributed by atoms with Gasteiger partial charge in [-0.2, -0.15) is 0 Å². The Bertz CT molecular complexity index is 783. The Kier molecular flexibility index (Phi) is 7.87. The molecule has 3 aliphatic heterocycles. The highest BCUT2D eigenvalue weighted by atomic mass is 16.5. The number of carboxylic acid groups (broad SMARTS) is 2. The molecule has 1 fully saturated rings. The molecule has 1 saturated heterocycles. The molecule has 4 rings (SSSR count). The van der Waals surface area contributed by atoms with Crippen molar-refractivity contribution in [3.05, 3.63) is 40.5 Å². The van der Waals surface area contributed by atoms with E-state index in [4.69, 9.17) is 14.9 Å². The number of rotatable bonds is 4. The van der Waals surface area contributed by atoms with E-state index in [9.17, 15) is 9.59 Å². The maximum absolute atomic E-state index is 9.55. The standard InChI is InChI=1S/C19H28N2O.C4H4O4/c1-14-18-7-9-20-8-6-15(18)12-16-4-2-10-21(19(14)16)13-17-5-3-11-22-17;5-3(6)1-2-4(7)8/h12,17,20H,2-11,13H2,1H3;1-2H,(H,5,6)(H,7,8)/b;2-1+/t17-;/m1./s1. The summed E-state index contributed by atoms with van der Waals surface area (Å²) in [5.41, 5.74) is 7.89. The summed E-state index contributed by atoms with van der Waals surface area (Å²) < 4.78 is 5.89. The van der Waals surface area contributed by atoms with Gasteiger partial charge in [-0.1, -0.05) is 6.07 Å². The lowest BCUT2D eigenvalue weighted by molar-refractivity contribution is -0.134. The van der Waals surface area contributed by atoms with Crippen LogP contribution >= 0.6 is 0 Å². The van der Waals surface area contributed by atoms with Crippen molar-refractivity contribution in [1.29, 1.82) is 0 Å². The number of fused-ring (bicyclic) bond motifs is 2. The summed E-state index contributed by atoms with van der Waals surface area (Å²) in [6.07, 6.45) is 8.95. The number of anilines is 1. The third-order valence-corrected chi connectivity index (χ3v) is 5.98. The summed E-state index contributed by atoms with van der Waals surface area (Å²) in [5.74, 6) is -2.51. The van der Waals surface area contributed by atoms with E-state index < -0.39 is 11.9 Å². The molecule has 0 unspecified atom stereocenters. The minimum atomic E-state index is -1.26. The molecule has 0 radical (unpaired) electrons. The van der Waals surface area contributed by atoms with Crippen molar-refractivity contribution in [3.8, 4) is 0 Å². The molecular weight excluding hydrogens is 384 g/mol. The first-order valence-corrected chi connectivity index (χ1v) is 10.8. The minimum absolute atomic E-state index is 0.450. The second kappa shape index (κ2) is 10.6. The zero-order valence-electron chi connectivity index (χ0n) is 17.7. The maximum Gasteiger partial charge on any atom is 0.328 e. The van der Waals surface area contributed by atoms with E-state index in [1.807, 2.05) is 0 Å². The average Bonchev–Trinajstić information content (AvgIpc) is 3.10. The number of benzene rings is 1. The molecule has 7 heteroatoms. The van der Waals surface area contributed by atoms with Crippen molar-refractivity contribution in [2.75, 3.05) is 37.7 Å². The zero-order chi connectivity index (χ0) is 21.5. The minimum Gasteiger partial charge on any atom is -0.478 e. The van der Waals surface area contributed by atoms with Crippen molar-refractivity contribution in [3.63, 3.8) is 0 Å². The van der Waals surface area contributed by atoms with Crippen LogP contribution in [0.4, 0.5) is 5.69 Å². The number of nitrogens with zero attached hydrogens (tertiary/aromatic N) is 1. The van der Waals surface area contributed by atoms with E-state index in [-0.39, 0.29) is 0 Å². The van der Waals surface area contributed by atoms with E-state index in [0.29, 0.717) is 18.3 Å². The van der Waals surface area contributed by atoms with Gasteiger partial charge in [-0.05, 0) is 80.8 Å². The highest BCUT2D eigenvalue weighted by molar-refractivity contribution is 5.89. The molecule has 0 saturated carbocycles. The molecule has 3 aliphatic rings. The fourth-order valence-corrected chi connectivity index (χ4v) is 4.69. The van der Waals surface area contributed by atoms with Crippen LogP contribution in [0.3, 0.4) is 0 Å². The molecule has 7 nitrogen and oxygen atoms in total. The van der Waals surface area contributed by atoms with E-state index in [0.717, 1.165) is 26.2 Å². The molecule has 1 atom stereocenters. The van der Waals surface area contributed by atoms with E-state index in [1.165, 1.54) is 45.1 Å². The van der Waals surface area contributed by atoms with Gasteiger partial charge in [-0.25, -0.2) is 9.59 Å². The number of ether oxygens (including phenoxy) is 1. The van der Waals surface area contributed by atoms with E-state index in [2.05, 4.69) is 23.2 Å². The first kappa shape index (κ1) is 22.3. The molecule has 3 N–H and O–H groups in total. The average molecular weight is 417 g/mol. The number of aliphatic carboxylic acids is 2. The largest absolute Gasteiger partial charge is 0.478 e. The second-order valence-electron chi connectivity index (χ2n) is 8.09. The highest BCUT2D eigenvalue weighted by Crippen LogP contribution is 2.36. The highest BCUT2D eigenvalue weighted by Gasteiger charge is 2.26. The van der Waals surface area contributed by atoms with Crippen LogP contribution in [-0.2, 0) is 33.6 Å². The van der Waals surface area contributed by atoms with E-state index in [1.54, 1.807) is 27.9 Å². The van der Waals surface area contributed by atoms with Crippen molar-refractivity contribution in [1.82, 2.24) is 5.32 Å². The molecule has 3 heterocycles. The summed E-state index contributed by atoms with van der Waals surface area (Å²) in [7, 11) is 0. The summed E-state index contributed by atoms with van der Waals surface area (Å²) in [6, 6.07) is 2.52. The van der Waals surface area contributed by atoms with Gasteiger partial charge >= 0.3 is 11.9 Å². The van der Waals surface area contributed by atoms with Crippen LogP contribution in [0.1, 0.15) is 41.5 Å². The smallest absolute Gasteiger partial charge is 0.328 e. The number of aryl methyl sites for hydroxylation is 1. The van der Waals surface area contributed by atoms with Gasteiger partial charge in [0.25, 0.3) is 0 Å². The molecule has 164 valence electrons. The van der Waals surface area contributed by atoms with Crippen molar-refractivity contribution in [2.45, 2.75) is 51.6 Å². The lowest BCUT2D eigenvalue weighted by Gasteiger charge is -2.36. The Morgan fingerprint density at radius 2 is 1.87 bits per heavy atom. The summed E-state index contributed by atoms with van der Waals surface area (Å²) >= 11 is 0. The fraction of sp³-hybridized carbons (Fsp3) is 0.565. The SMILES string of the molecule is Cc1c2c(cc3c1N(C[C@H]1CCCO1)CCC3)CCNCC2.O=C(O)/C=C/C(=O)O.